The maximum Gasteiger partial charge on any atom is 0.153 e. The van der Waals surface area contributed by atoms with E-state index in [0.717, 1.165) is 17.2 Å². The summed E-state index contributed by atoms with van der Waals surface area (Å²) in [6, 6.07) is 4.56. The number of hydrogen-bond acceptors (Lipinski definition) is 4. The molecular weight excluding hydrogens is 238 g/mol. The van der Waals surface area contributed by atoms with Crippen molar-refractivity contribution in [2.24, 2.45) is 5.73 Å². The summed E-state index contributed by atoms with van der Waals surface area (Å²) in [7, 11) is 0. The average Bonchev–Trinajstić information content (AvgIpc) is 2.67. The third-order valence-electron chi connectivity index (χ3n) is 3.79. The molecule has 0 atom stereocenters. The molecule has 0 saturated heterocycles. The Hall–Kier alpha value is -1.62. The standard InChI is InChI=1S/C14H21N5/c15-9-12-10-19-14(17-12)8-7-13(18-19)16-11-5-3-1-2-4-6-11/h7-8,10-11H,1-6,9,15H2,(H,16,18). The average molecular weight is 259 g/mol. The first-order valence-electron chi connectivity index (χ1n) is 7.17. The van der Waals surface area contributed by atoms with Gasteiger partial charge in [0.15, 0.2) is 5.65 Å². The topological polar surface area (TPSA) is 68.2 Å². The number of rotatable bonds is 3. The molecule has 19 heavy (non-hydrogen) atoms. The number of nitrogens with zero attached hydrogens (tertiary/aromatic N) is 3. The Labute approximate surface area is 113 Å². The zero-order valence-corrected chi connectivity index (χ0v) is 11.2. The fraction of sp³-hybridized carbons (Fsp3) is 0.571. The van der Waals surface area contributed by atoms with Gasteiger partial charge in [0.25, 0.3) is 0 Å². The summed E-state index contributed by atoms with van der Waals surface area (Å²) in [5.41, 5.74) is 7.33. The van der Waals surface area contributed by atoms with E-state index in [4.69, 9.17) is 5.73 Å². The smallest absolute Gasteiger partial charge is 0.153 e. The highest BCUT2D eigenvalue weighted by Crippen LogP contribution is 2.20. The molecule has 0 bridgehead atoms. The van der Waals surface area contributed by atoms with Gasteiger partial charge in [-0.05, 0) is 25.0 Å². The molecule has 1 aliphatic rings. The minimum Gasteiger partial charge on any atom is -0.366 e. The second-order valence-electron chi connectivity index (χ2n) is 5.29. The Kier molecular flexibility index (Phi) is 3.64. The summed E-state index contributed by atoms with van der Waals surface area (Å²) in [5, 5.41) is 8.11. The van der Waals surface area contributed by atoms with Crippen LogP contribution < -0.4 is 11.1 Å². The van der Waals surface area contributed by atoms with Crippen molar-refractivity contribution in [1.29, 1.82) is 0 Å². The van der Waals surface area contributed by atoms with Crippen LogP contribution in [0.5, 0.6) is 0 Å². The molecule has 1 fully saturated rings. The third kappa shape index (κ3) is 2.87. The second-order valence-corrected chi connectivity index (χ2v) is 5.29. The summed E-state index contributed by atoms with van der Waals surface area (Å²) >= 11 is 0. The predicted molar refractivity (Wildman–Crippen MR) is 76.0 cm³/mol. The SMILES string of the molecule is NCc1cn2nc(NC3CCCCCC3)ccc2n1. The Morgan fingerprint density at radius 1 is 1.21 bits per heavy atom. The van der Waals surface area contributed by atoms with E-state index >= 15 is 0 Å². The molecular formula is C14H21N5. The molecule has 0 radical (unpaired) electrons. The highest BCUT2D eigenvalue weighted by atomic mass is 15.3. The lowest BCUT2D eigenvalue weighted by molar-refractivity contribution is 0.615. The van der Waals surface area contributed by atoms with Gasteiger partial charge in [-0.25, -0.2) is 9.50 Å². The lowest BCUT2D eigenvalue weighted by atomic mass is 10.1. The van der Waals surface area contributed by atoms with Gasteiger partial charge in [-0.15, -0.1) is 5.10 Å². The summed E-state index contributed by atoms with van der Waals surface area (Å²) in [4.78, 5) is 4.38. The van der Waals surface area contributed by atoms with Crippen LogP contribution in [0.4, 0.5) is 5.82 Å². The third-order valence-corrected chi connectivity index (χ3v) is 3.79. The quantitative estimate of drug-likeness (QED) is 0.830. The van der Waals surface area contributed by atoms with E-state index in [1.165, 1.54) is 38.5 Å². The van der Waals surface area contributed by atoms with E-state index in [9.17, 15) is 0 Å². The number of anilines is 1. The van der Waals surface area contributed by atoms with Crippen LogP contribution in [0.25, 0.3) is 5.65 Å². The fourth-order valence-electron chi connectivity index (χ4n) is 2.74. The molecule has 1 saturated carbocycles. The van der Waals surface area contributed by atoms with E-state index < -0.39 is 0 Å². The largest absolute Gasteiger partial charge is 0.366 e. The Morgan fingerprint density at radius 3 is 2.74 bits per heavy atom. The molecule has 0 unspecified atom stereocenters. The zero-order valence-electron chi connectivity index (χ0n) is 11.2. The molecule has 3 N–H and O–H groups in total. The predicted octanol–water partition coefficient (Wildman–Crippen LogP) is 2.32. The molecule has 3 rings (SSSR count). The maximum atomic E-state index is 5.60. The Morgan fingerprint density at radius 2 is 2.00 bits per heavy atom. The lowest BCUT2D eigenvalue weighted by Gasteiger charge is -2.16. The van der Waals surface area contributed by atoms with Crippen LogP contribution in [0.2, 0.25) is 0 Å². The second kappa shape index (κ2) is 5.57. The maximum absolute atomic E-state index is 5.60. The van der Waals surface area contributed by atoms with Crippen molar-refractivity contribution in [3.8, 4) is 0 Å². The van der Waals surface area contributed by atoms with Gasteiger partial charge >= 0.3 is 0 Å². The van der Waals surface area contributed by atoms with Crippen LogP contribution in [-0.4, -0.2) is 20.6 Å². The molecule has 5 heteroatoms. The molecule has 0 aromatic carbocycles. The normalized spacial score (nSPS) is 17.5. The summed E-state index contributed by atoms with van der Waals surface area (Å²) < 4.78 is 1.81. The van der Waals surface area contributed by atoms with Crippen molar-refractivity contribution in [2.45, 2.75) is 51.1 Å². The fourth-order valence-corrected chi connectivity index (χ4v) is 2.74. The molecule has 1 aliphatic carbocycles. The molecule has 2 aromatic rings. The molecule has 0 spiro atoms. The van der Waals surface area contributed by atoms with Crippen molar-refractivity contribution in [3.05, 3.63) is 24.0 Å². The summed E-state index contributed by atoms with van der Waals surface area (Å²) in [6.07, 6.45) is 9.77. The highest BCUT2D eigenvalue weighted by molar-refractivity contribution is 5.45. The van der Waals surface area contributed by atoms with Crippen LogP contribution in [0.15, 0.2) is 18.3 Å². The van der Waals surface area contributed by atoms with E-state index in [1.807, 2.05) is 18.3 Å². The van der Waals surface area contributed by atoms with Crippen LogP contribution in [0.3, 0.4) is 0 Å². The van der Waals surface area contributed by atoms with E-state index in [2.05, 4.69) is 15.4 Å². The van der Waals surface area contributed by atoms with Crippen LogP contribution in [-0.2, 0) is 6.54 Å². The number of aromatic nitrogens is 3. The number of nitrogens with two attached hydrogens (primary N) is 1. The van der Waals surface area contributed by atoms with Crippen molar-refractivity contribution in [2.75, 3.05) is 5.32 Å². The molecule has 0 amide bonds. The van der Waals surface area contributed by atoms with Crippen LogP contribution >= 0.6 is 0 Å². The minimum atomic E-state index is 0.453. The number of fused-ring (bicyclic) bond motifs is 1. The monoisotopic (exact) mass is 259 g/mol. The highest BCUT2D eigenvalue weighted by Gasteiger charge is 2.12. The van der Waals surface area contributed by atoms with E-state index in [0.29, 0.717) is 12.6 Å². The molecule has 2 heterocycles. The Balaban J connectivity index is 1.76. The van der Waals surface area contributed by atoms with Gasteiger partial charge in [0.05, 0.1) is 11.9 Å². The molecule has 0 aliphatic heterocycles. The van der Waals surface area contributed by atoms with E-state index in [-0.39, 0.29) is 0 Å². The van der Waals surface area contributed by atoms with Gasteiger partial charge in [-0.1, -0.05) is 25.7 Å². The Bertz CT molecular complexity index is 540. The lowest BCUT2D eigenvalue weighted by Crippen LogP contribution is -2.19. The van der Waals surface area contributed by atoms with Crippen molar-refractivity contribution in [3.63, 3.8) is 0 Å². The number of imidazole rings is 1. The first kappa shape index (κ1) is 12.4. The van der Waals surface area contributed by atoms with Gasteiger partial charge in [0.1, 0.15) is 5.82 Å². The summed E-state index contributed by atoms with van der Waals surface area (Å²) in [6.45, 7) is 0.453. The van der Waals surface area contributed by atoms with Crippen LogP contribution in [0.1, 0.15) is 44.2 Å². The first-order valence-corrected chi connectivity index (χ1v) is 7.17. The van der Waals surface area contributed by atoms with Crippen molar-refractivity contribution < 1.29 is 0 Å². The number of nitrogens with one attached hydrogen (secondary N) is 1. The number of hydrogen-bond donors (Lipinski definition) is 2. The molecule has 5 nitrogen and oxygen atoms in total. The molecule has 102 valence electrons. The minimum absolute atomic E-state index is 0.453. The molecule has 2 aromatic heterocycles. The van der Waals surface area contributed by atoms with Gasteiger partial charge in [-0.2, -0.15) is 0 Å². The van der Waals surface area contributed by atoms with Gasteiger partial charge in [0, 0.05) is 12.6 Å². The van der Waals surface area contributed by atoms with Gasteiger partial charge in [-0.3, -0.25) is 0 Å². The van der Waals surface area contributed by atoms with Crippen molar-refractivity contribution in [1.82, 2.24) is 14.6 Å². The van der Waals surface area contributed by atoms with Gasteiger partial charge in [0.2, 0.25) is 0 Å². The van der Waals surface area contributed by atoms with Crippen LogP contribution in [0, 0.1) is 0 Å². The van der Waals surface area contributed by atoms with E-state index in [1.54, 1.807) is 4.52 Å². The van der Waals surface area contributed by atoms with Crippen molar-refractivity contribution >= 4 is 11.5 Å². The van der Waals surface area contributed by atoms with Gasteiger partial charge < -0.3 is 11.1 Å². The zero-order chi connectivity index (χ0) is 13.1. The first-order chi connectivity index (χ1) is 9.35. The summed E-state index contributed by atoms with van der Waals surface area (Å²) in [5.74, 6) is 0.931.